The Bertz CT molecular complexity index is 573. The van der Waals surface area contributed by atoms with E-state index in [2.05, 4.69) is 42.2 Å². The van der Waals surface area contributed by atoms with Crippen LogP contribution in [-0.4, -0.2) is 12.1 Å². The standard InChI is InChI=1S/C13H12Br2N2O/c1-8-5-9(14)7-16-13(8)17-10-3-4-11(15)12(6-10)18-2/h3-7H,1-2H3,(H,16,17). The van der Waals surface area contributed by atoms with Crippen molar-refractivity contribution in [3.8, 4) is 5.75 Å². The summed E-state index contributed by atoms with van der Waals surface area (Å²) in [4.78, 5) is 4.34. The van der Waals surface area contributed by atoms with Crippen LogP contribution in [-0.2, 0) is 0 Å². The van der Waals surface area contributed by atoms with Crippen LogP contribution in [0.5, 0.6) is 5.75 Å². The van der Waals surface area contributed by atoms with Crippen molar-refractivity contribution >= 4 is 43.4 Å². The van der Waals surface area contributed by atoms with Crippen LogP contribution < -0.4 is 10.1 Å². The molecule has 94 valence electrons. The molecule has 5 heteroatoms. The first-order chi connectivity index (χ1) is 8.60. The fourth-order valence-electron chi connectivity index (χ4n) is 1.55. The summed E-state index contributed by atoms with van der Waals surface area (Å²) in [5, 5.41) is 3.27. The minimum Gasteiger partial charge on any atom is -0.495 e. The van der Waals surface area contributed by atoms with Crippen LogP contribution in [0.3, 0.4) is 0 Å². The molecule has 2 rings (SSSR count). The highest BCUT2D eigenvalue weighted by atomic mass is 79.9. The molecule has 1 aromatic carbocycles. The number of ether oxygens (including phenoxy) is 1. The Kier molecular flexibility index (Phi) is 4.24. The number of nitrogens with zero attached hydrogens (tertiary/aromatic N) is 1. The fourth-order valence-corrected chi connectivity index (χ4v) is 2.40. The molecule has 3 nitrogen and oxygen atoms in total. The zero-order chi connectivity index (χ0) is 13.1. The maximum atomic E-state index is 5.26. The number of rotatable bonds is 3. The van der Waals surface area contributed by atoms with Gasteiger partial charge in [-0.15, -0.1) is 0 Å². The van der Waals surface area contributed by atoms with Crippen molar-refractivity contribution in [2.75, 3.05) is 12.4 Å². The largest absolute Gasteiger partial charge is 0.495 e. The van der Waals surface area contributed by atoms with Crippen molar-refractivity contribution in [3.05, 3.63) is 45.0 Å². The lowest BCUT2D eigenvalue weighted by Gasteiger charge is -2.10. The van der Waals surface area contributed by atoms with E-state index < -0.39 is 0 Å². The average molecular weight is 372 g/mol. The summed E-state index contributed by atoms with van der Waals surface area (Å²) in [7, 11) is 1.65. The highest BCUT2D eigenvalue weighted by molar-refractivity contribution is 9.10. The lowest BCUT2D eigenvalue weighted by Crippen LogP contribution is -1.97. The molecule has 0 unspecified atom stereocenters. The summed E-state index contributed by atoms with van der Waals surface area (Å²) in [6.07, 6.45) is 1.77. The van der Waals surface area contributed by atoms with Crippen LogP contribution >= 0.6 is 31.9 Å². The van der Waals surface area contributed by atoms with Gasteiger partial charge < -0.3 is 10.1 Å². The Hall–Kier alpha value is -1.07. The molecule has 0 saturated heterocycles. The van der Waals surface area contributed by atoms with Gasteiger partial charge in [0.05, 0.1) is 11.6 Å². The SMILES string of the molecule is COc1cc(Nc2ncc(Br)cc2C)ccc1Br. The molecule has 1 aromatic heterocycles. The van der Waals surface area contributed by atoms with E-state index in [-0.39, 0.29) is 0 Å². The summed E-state index contributed by atoms with van der Waals surface area (Å²) >= 11 is 6.82. The van der Waals surface area contributed by atoms with Gasteiger partial charge in [0.15, 0.2) is 0 Å². The summed E-state index contributed by atoms with van der Waals surface area (Å²) in [6.45, 7) is 2.01. The summed E-state index contributed by atoms with van der Waals surface area (Å²) in [5.41, 5.74) is 2.01. The number of nitrogens with one attached hydrogen (secondary N) is 1. The van der Waals surface area contributed by atoms with E-state index in [0.29, 0.717) is 0 Å². The Morgan fingerprint density at radius 2 is 2.00 bits per heavy atom. The fraction of sp³-hybridized carbons (Fsp3) is 0.154. The smallest absolute Gasteiger partial charge is 0.135 e. The Labute approximate surface area is 123 Å². The lowest BCUT2D eigenvalue weighted by molar-refractivity contribution is 0.412. The Morgan fingerprint density at radius 1 is 1.22 bits per heavy atom. The first-order valence-electron chi connectivity index (χ1n) is 5.33. The van der Waals surface area contributed by atoms with Crippen LogP contribution in [0.4, 0.5) is 11.5 Å². The van der Waals surface area contributed by atoms with E-state index in [1.807, 2.05) is 31.2 Å². The van der Waals surface area contributed by atoms with Crippen molar-refractivity contribution < 1.29 is 4.74 Å². The maximum Gasteiger partial charge on any atom is 0.135 e. The van der Waals surface area contributed by atoms with E-state index in [1.165, 1.54) is 0 Å². The number of aromatic nitrogens is 1. The third kappa shape index (κ3) is 3.03. The van der Waals surface area contributed by atoms with Gasteiger partial charge in [-0.1, -0.05) is 0 Å². The number of pyridine rings is 1. The van der Waals surface area contributed by atoms with Crippen LogP contribution in [0.2, 0.25) is 0 Å². The molecule has 1 heterocycles. The third-order valence-electron chi connectivity index (χ3n) is 2.46. The molecular weight excluding hydrogens is 360 g/mol. The van der Waals surface area contributed by atoms with Gasteiger partial charge >= 0.3 is 0 Å². The van der Waals surface area contributed by atoms with Crippen LogP contribution in [0, 0.1) is 6.92 Å². The molecule has 0 radical (unpaired) electrons. The van der Waals surface area contributed by atoms with Crippen LogP contribution in [0.1, 0.15) is 5.56 Å². The van der Waals surface area contributed by atoms with E-state index in [1.54, 1.807) is 13.3 Å². The van der Waals surface area contributed by atoms with Gasteiger partial charge in [0.1, 0.15) is 11.6 Å². The van der Waals surface area contributed by atoms with Gasteiger partial charge in [-0.3, -0.25) is 0 Å². The molecule has 0 spiro atoms. The lowest BCUT2D eigenvalue weighted by atomic mass is 10.2. The predicted octanol–water partition coefficient (Wildman–Crippen LogP) is 4.67. The summed E-state index contributed by atoms with van der Waals surface area (Å²) in [5.74, 6) is 1.62. The van der Waals surface area contributed by atoms with Crippen LogP contribution in [0.15, 0.2) is 39.4 Å². The Morgan fingerprint density at radius 3 is 2.67 bits per heavy atom. The normalized spacial score (nSPS) is 10.2. The van der Waals surface area contributed by atoms with Gasteiger partial charge in [0, 0.05) is 22.4 Å². The average Bonchev–Trinajstić information content (AvgIpc) is 2.35. The summed E-state index contributed by atoms with van der Waals surface area (Å²) < 4.78 is 7.16. The minimum absolute atomic E-state index is 0.787. The van der Waals surface area contributed by atoms with Gasteiger partial charge in [-0.2, -0.15) is 0 Å². The highest BCUT2D eigenvalue weighted by Crippen LogP contribution is 2.29. The first kappa shape index (κ1) is 13.4. The molecule has 18 heavy (non-hydrogen) atoms. The van der Waals surface area contributed by atoms with Crippen molar-refractivity contribution in [2.45, 2.75) is 6.92 Å². The molecule has 0 aliphatic rings. The number of methoxy groups -OCH3 is 1. The molecule has 1 N–H and O–H groups in total. The van der Waals surface area contributed by atoms with Gasteiger partial charge in [0.25, 0.3) is 0 Å². The molecule has 0 amide bonds. The number of benzene rings is 1. The predicted molar refractivity (Wildman–Crippen MR) is 80.7 cm³/mol. The molecule has 0 fully saturated rings. The van der Waals surface area contributed by atoms with E-state index in [9.17, 15) is 0 Å². The molecule has 0 aliphatic heterocycles. The van der Waals surface area contributed by atoms with E-state index in [0.717, 1.165) is 31.8 Å². The van der Waals surface area contributed by atoms with Gasteiger partial charge in [-0.05, 0) is 62.5 Å². The number of hydrogen-bond acceptors (Lipinski definition) is 3. The molecule has 0 aliphatic carbocycles. The minimum atomic E-state index is 0.787. The zero-order valence-corrected chi connectivity index (χ0v) is 13.2. The van der Waals surface area contributed by atoms with Crippen LogP contribution in [0.25, 0.3) is 0 Å². The Balaban J connectivity index is 2.28. The quantitative estimate of drug-likeness (QED) is 0.851. The van der Waals surface area contributed by atoms with E-state index >= 15 is 0 Å². The topological polar surface area (TPSA) is 34.1 Å². The first-order valence-corrected chi connectivity index (χ1v) is 6.91. The monoisotopic (exact) mass is 370 g/mol. The summed E-state index contributed by atoms with van der Waals surface area (Å²) in [6, 6.07) is 7.85. The number of aryl methyl sites for hydroxylation is 1. The van der Waals surface area contributed by atoms with Crippen molar-refractivity contribution in [2.24, 2.45) is 0 Å². The number of halogens is 2. The second kappa shape index (κ2) is 5.71. The third-order valence-corrected chi connectivity index (χ3v) is 3.55. The maximum absolute atomic E-state index is 5.26. The highest BCUT2D eigenvalue weighted by Gasteiger charge is 2.04. The second-order valence-corrected chi connectivity index (χ2v) is 5.56. The van der Waals surface area contributed by atoms with Crippen molar-refractivity contribution in [1.29, 1.82) is 0 Å². The van der Waals surface area contributed by atoms with Gasteiger partial charge in [-0.25, -0.2) is 4.98 Å². The van der Waals surface area contributed by atoms with Crippen molar-refractivity contribution in [3.63, 3.8) is 0 Å². The molecule has 2 aromatic rings. The number of anilines is 2. The molecule has 0 saturated carbocycles. The molecule has 0 atom stereocenters. The van der Waals surface area contributed by atoms with Gasteiger partial charge in [0.2, 0.25) is 0 Å². The molecule has 0 bridgehead atoms. The van der Waals surface area contributed by atoms with Crippen molar-refractivity contribution in [1.82, 2.24) is 4.98 Å². The van der Waals surface area contributed by atoms with E-state index in [4.69, 9.17) is 4.74 Å². The number of hydrogen-bond donors (Lipinski definition) is 1. The molecular formula is C13H12Br2N2O. The second-order valence-electron chi connectivity index (χ2n) is 3.79. The zero-order valence-electron chi connectivity index (χ0n) is 10.00.